The van der Waals surface area contributed by atoms with Crippen molar-refractivity contribution < 1.29 is 17.8 Å². The Bertz CT molecular complexity index is 967. The maximum atomic E-state index is 13.1. The van der Waals surface area contributed by atoms with E-state index in [-0.39, 0.29) is 18.0 Å². The quantitative estimate of drug-likeness (QED) is 0.430. The van der Waals surface area contributed by atoms with Crippen LogP contribution in [0.1, 0.15) is 10.6 Å². The Labute approximate surface area is 154 Å². The van der Waals surface area contributed by atoms with Crippen LogP contribution in [0.15, 0.2) is 69.5 Å². The molecule has 2 aromatic heterocycles. The van der Waals surface area contributed by atoms with Gasteiger partial charge in [-0.25, -0.2) is 8.42 Å². The van der Waals surface area contributed by atoms with E-state index in [1.165, 1.54) is 46.2 Å². The third-order valence-corrected chi connectivity index (χ3v) is 6.61. The number of thiophene rings is 1. The Balaban J connectivity index is 1.95. The van der Waals surface area contributed by atoms with Crippen molar-refractivity contribution in [3.05, 3.63) is 80.9 Å². The van der Waals surface area contributed by atoms with E-state index >= 15 is 0 Å². The molecule has 3 rings (SSSR count). The van der Waals surface area contributed by atoms with Gasteiger partial charge in [0.2, 0.25) is 10.0 Å². The molecular formula is C17H16N2O5S2. The summed E-state index contributed by atoms with van der Waals surface area (Å²) in [6, 6.07) is 12.5. The highest BCUT2D eigenvalue weighted by Crippen LogP contribution is 2.27. The summed E-state index contributed by atoms with van der Waals surface area (Å²) in [5.41, 5.74) is -0.437. The highest BCUT2D eigenvalue weighted by Gasteiger charge is 2.31. The SMILES string of the molecule is O=[N+]([O-])c1ccccc1S(=O)(=O)N(CCc1cccs1)Cc1ccco1. The van der Waals surface area contributed by atoms with Crippen LogP contribution in [0.2, 0.25) is 0 Å². The molecule has 7 nitrogen and oxygen atoms in total. The van der Waals surface area contributed by atoms with Crippen LogP contribution in [0.3, 0.4) is 0 Å². The lowest BCUT2D eigenvalue weighted by atomic mass is 10.3. The summed E-state index contributed by atoms with van der Waals surface area (Å²) >= 11 is 1.53. The van der Waals surface area contributed by atoms with Gasteiger partial charge in [0, 0.05) is 17.5 Å². The van der Waals surface area contributed by atoms with E-state index < -0.39 is 20.6 Å². The highest BCUT2D eigenvalue weighted by molar-refractivity contribution is 7.89. The van der Waals surface area contributed by atoms with Crippen LogP contribution in [-0.2, 0) is 23.0 Å². The zero-order valence-electron chi connectivity index (χ0n) is 13.6. The molecule has 136 valence electrons. The van der Waals surface area contributed by atoms with E-state index in [1.807, 2.05) is 17.5 Å². The summed E-state index contributed by atoms with van der Waals surface area (Å²) in [5.74, 6) is 0.471. The molecule has 0 aliphatic carbocycles. The van der Waals surface area contributed by atoms with E-state index in [2.05, 4.69) is 0 Å². The minimum absolute atomic E-state index is 0.00670. The molecule has 0 saturated carbocycles. The molecule has 1 aromatic carbocycles. The molecule has 0 N–H and O–H groups in total. The fraction of sp³-hybridized carbons (Fsp3) is 0.176. The van der Waals surface area contributed by atoms with Gasteiger partial charge in [0.15, 0.2) is 4.90 Å². The summed E-state index contributed by atoms with van der Waals surface area (Å²) in [7, 11) is -4.07. The molecular weight excluding hydrogens is 376 g/mol. The topological polar surface area (TPSA) is 93.7 Å². The molecule has 0 spiro atoms. The minimum atomic E-state index is -4.07. The predicted octanol–water partition coefficient (Wildman–Crippen LogP) is 3.68. The molecule has 0 unspecified atom stereocenters. The number of hydrogen-bond donors (Lipinski definition) is 0. The van der Waals surface area contributed by atoms with Gasteiger partial charge in [0.05, 0.1) is 17.7 Å². The number of para-hydroxylation sites is 1. The number of hydrogen-bond acceptors (Lipinski definition) is 6. The van der Waals surface area contributed by atoms with Crippen LogP contribution in [0.25, 0.3) is 0 Å². The Morgan fingerprint density at radius 2 is 1.92 bits per heavy atom. The molecule has 2 heterocycles. The van der Waals surface area contributed by atoms with E-state index in [9.17, 15) is 18.5 Å². The smallest absolute Gasteiger partial charge is 0.289 e. The number of furan rings is 1. The van der Waals surface area contributed by atoms with Crippen molar-refractivity contribution in [3.63, 3.8) is 0 Å². The van der Waals surface area contributed by atoms with Crippen molar-refractivity contribution in [1.82, 2.24) is 4.31 Å². The van der Waals surface area contributed by atoms with Gasteiger partial charge in [-0.2, -0.15) is 4.31 Å². The summed E-state index contributed by atoms with van der Waals surface area (Å²) in [6.45, 7) is 0.197. The van der Waals surface area contributed by atoms with Crippen LogP contribution in [0, 0.1) is 10.1 Å². The second-order valence-corrected chi connectivity index (χ2v) is 8.41. The van der Waals surface area contributed by atoms with Crippen LogP contribution in [0.5, 0.6) is 0 Å². The summed E-state index contributed by atoms with van der Waals surface area (Å²) in [6.07, 6.45) is 1.97. The zero-order chi connectivity index (χ0) is 18.6. The minimum Gasteiger partial charge on any atom is -0.468 e. The van der Waals surface area contributed by atoms with E-state index in [4.69, 9.17) is 4.42 Å². The molecule has 0 saturated heterocycles. The average molecular weight is 392 g/mol. The van der Waals surface area contributed by atoms with E-state index in [1.54, 1.807) is 12.1 Å². The Kier molecular flexibility index (Phi) is 5.50. The van der Waals surface area contributed by atoms with Crippen molar-refractivity contribution in [2.45, 2.75) is 17.9 Å². The summed E-state index contributed by atoms with van der Waals surface area (Å²) < 4.78 is 32.7. The van der Waals surface area contributed by atoms with Crippen molar-refractivity contribution in [2.75, 3.05) is 6.54 Å². The molecule has 0 aliphatic rings. The lowest BCUT2D eigenvalue weighted by molar-refractivity contribution is -0.387. The molecule has 9 heteroatoms. The van der Waals surface area contributed by atoms with Crippen LogP contribution < -0.4 is 0 Å². The van der Waals surface area contributed by atoms with Crippen LogP contribution >= 0.6 is 11.3 Å². The molecule has 0 atom stereocenters. The predicted molar refractivity (Wildman–Crippen MR) is 97.4 cm³/mol. The molecule has 26 heavy (non-hydrogen) atoms. The van der Waals surface area contributed by atoms with Gasteiger partial charge in [0.1, 0.15) is 5.76 Å². The molecule has 3 aromatic rings. The number of rotatable bonds is 8. The van der Waals surface area contributed by atoms with Gasteiger partial charge in [-0.05, 0) is 36.1 Å². The monoisotopic (exact) mass is 392 g/mol. The Morgan fingerprint density at radius 3 is 2.58 bits per heavy atom. The lowest BCUT2D eigenvalue weighted by Crippen LogP contribution is -2.32. The molecule has 0 amide bonds. The largest absolute Gasteiger partial charge is 0.468 e. The van der Waals surface area contributed by atoms with Crippen LogP contribution in [-0.4, -0.2) is 24.2 Å². The maximum absolute atomic E-state index is 13.1. The number of benzene rings is 1. The van der Waals surface area contributed by atoms with Crippen molar-refractivity contribution in [1.29, 1.82) is 0 Å². The third kappa shape index (κ3) is 4.01. The zero-order valence-corrected chi connectivity index (χ0v) is 15.3. The molecule has 0 radical (unpaired) electrons. The maximum Gasteiger partial charge on any atom is 0.289 e. The van der Waals surface area contributed by atoms with Gasteiger partial charge in [0.25, 0.3) is 5.69 Å². The Hall–Kier alpha value is -2.49. The lowest BCUT2D eigenvalue weighted by Gasteiger charge is -2.21. The number of nitro groups is 1. The van der Waals surface area contributed by atoms with Gasteiger partial charge >= 0.3 is 0 Å². The van der Waals surface area contributed by atoms with Crippen molar-refractivity contribution >= 4 is 27.0 Å². The number of nitro benzene ring substituents is 1. The summed E-state index contributed by atoms with van der Waals surface area (Å²) in [5, 5.41) is 13.2. The van der Waals surface area contributed by atoms with E-state index in [0.29, 0.717) is 12.2 Å². The first-order valence-corrected chi connectivity index (χ1v) is 10.1. The van der Waals surface area contributed by atoms with E-state index in [0.717, 1.165) is 4.88 Å². The summed E-state index contributed by atoms with van der Waals surface area (Å²) in [4.78, 5) is 11.3. The van der Waals surface area contributed by atoms with Crippen molar-refractivity contribution in [3.8, 4) is 0 Å². The van der Waals surface area contributed by atoms with Gasteiger partial charge in [-0.1, -0.05) is 18.2 Å². The molecule has 0 bridgehead atoms. The third-order valence-electron chi connectivity index (χ3n) is 3.78. The molecule has 0 fully saturated rings. The first kappa shape index (κ1) is 18.3. The van der Waals surface area contributed by atoms with Crippen LogP contribution in [0.4, 0.5) is 5.69 Å². The standard InChI is InChI=1S/C17H16N2O5S2/c20-19(21)16-7-1-2-8-17(16)26(22,23)18(13-14-5-3-11-24-14)10-9-15-6-4-12-25-15/h1-8,11-12H,9-10,13H2. The fourth-order valence-electron chi connectivity index (χ4n) is 2.52. The second kappa shape index (κ2) is 7.81. The van der Waals surface area contributed by atoms with Gasteiger partial charge in [-0.3, -0.25) is 10.1 Å². The average Bonchev–Trinajstić information content (AvgIpc) is 3.32. The fourth-order valence-corrected chi connectivity index (χ4v) is 4.78. The first-order valence-electron chi connectivity index (χ1n) is 7.77. The number of nitrogens with zero attached hydrogens (tertiary/aromatic N) is 2. The van der Waals surface area contributed by atoms with Gasteiger partial charge < -0.3 is 4.42 Å². The first-order chi connectivity index (χ1) is 12.5. The van der Waals surface area contributed by atoms with Crippen molar-refractivity contribution in [2.24, 2.45) is 0 Å². The second-order valence-electron chi connectivity index (χ2n) is 5.47. The number of sulfonamides is 1. The normalized spacial score (nSPS) is 11.7. The highest BCUT2D eigenvalue weighted by atomic mass is 32.2. The van der Waals surface area contributed by atoms with Gasteiger partial charge in [-0.15, -0.1) is 11.3 Å². The molecule has 0 aliphatic heterocycles. The Morgan fingerprint density at radius 1 is 1.12 bits per heavy atom.